The van der Waals surface area contributed by atoms with E-state index in [2.05, 4.69) is 124 Å². The second-order valence-electron chi connectivity index (χ2n) is 7.92. The normalized spacial score (nSPS) is 9.85. The number of halogens is 8. The smallest absolute Gasteiger partial charge is 0.339 e. The lowest BCUT2D eigenvalue weighted by molar-refractivity contribution is -0.134. The van der Waals surface area contributed by atoms with Gasteiger partial charge in [0.05, 0.1) is 51.7 Å². The van der Waals surface area contributed by atoms with Gasteiger partial charge in [-0.1, -0.05) is 55.6 Å². The van der Waals surface area contributed by atoms with Crippen molar-refractivity contribution in [2.75, 3.05) is 0 Å². The van der Waals surface area contributed by atoms with Gasteiger partial charge in [-0.2, -0.15) is 0 Å². The standard InChI is InChI=1S/C8H4BrClN2.C8H5BrN2O.C8H6N2O.C2H4O2.Br2.Cl3OP/c9-5-1-2-6-7(3-5)12-8(10)4-11-6;9-5-1-2-6-7(3-5)11-8(12)4-10-6;11-8-5-9-6-3-1-2-4-7(6)10-8;1-2(3)4;1-2;1-5(2,3)4/h1-4H;1-4H,(H,11,12);1-5H,(H,10,11);1H3,(H,3,4);;. The van der Waals surface area contributed by atoms with Gasteiger partial charge >= 0.3 is 5.20 Å². The molecule has 3 N–H and O–H groups in total. The molecule has 46 heavy (non-hydrogen) atoms. The van der Waals surface area contributed by atoms with Crippen molar-refractivity contribution in [2.24, 2.45) is 0 Å². The zero-order valence-corrected chi connectivity index (χ0v) is 33.1. The Kier molecular flexibility index (Phi) is 20.0. The number of nitrogens with one attached hydrogen (secondary N) is 2. The summed E-state index contributed by atoms with van der Waals surface area (Å²) in [6, 6.07) is 18.7. The fourth-order valence-corrected chi connectivity index (χ4v) is 3.81. The van der Waals surface area contributed by atoms with E-state index in [1.54, 1.807) is 0 Å². The molecular weight excluding hydrogens is 969 g/mol. The van der Waals surface area contributed by atoms with Crippen molar-refractivity contribution in [1.82, 2.24) is 29.9 Å². The van der Waals surface area contributed by atoms with Crippen molar-refractivity contribution in [3.63, 3.8) is 0 Å². The van der Waals surface area contributed by atoms with E-state index in [0.29, 0.717) is 5.15 Å². The summed E-state index contributed by atoms with van der Waals surface area (Å²) in [5.74, 6) is -0.833. The van der Waals surface area contributed by atoms with Crippen LogP contribution in [0, 0.1) is 0 Å². The topological polar surface area (TPSA) is 172 Å². The number of aromatic nitrogens is 6. The summed E-state index contributed by atoms with van der Waals surface area (Å²) in [5, 5.41) is 4.61. The number of hydrogen-bond acceptors (Lipinski definition) is 8. The number of hydrogen-bond donors (Lipinski definition) is 3. The molecule has 3 heterocycles. The van der Waals surface area contributed by atoms with E-state index < -0.39 is 11.2 Å². The molecule has 0 amide bonds. The lowest BCUT2D eigenvalue weighted by Gasteiger charge is -1.96. The molecule has 6 aromatic rings. The third kappa shape index (κ3) is 18.4. The zero-order valence-electron chi connectivity index (χ0n) is 22.8. The zero-order chi connectivity index (χ0) is 34.9. The molecule has 0 aliphatic rings. The summed E-state index contributed by atoms with van der Waals surface area (Å²) < 4.78 is 11.4. The quantitative estimate of drug-likeness (QED) is 0.125. The van der Waals surface area contributed by atoms with E-state index in [1.165, 1.54) is 18.6 Å². The van der Waals surface area contributed by atoms with Crippen LogP contribution in [0.5, 0.6) is 0 Å². The second kappa shape index (κ2) is 21.8. The van der Waals surface area contributed by atoms with Crippen LogP contribution in [0.15, 0.2) is 97.8 Å². The number of H-pyrrole nitrogens is 2. The summed E-state index contributed by atoms with van der Waals surface area (Å²) >= 11 is 31.7. The third-order valence-electron chi connectivity index (χ3n) is 4.50. The minimum absolute atomic E-state index is 0.163. The number of aliphatic carboxylic acids is 1. The Morgan fingerprint density at radius 1 is 0.739 bits per heavy atom. The first-order valence-corrected chi connectivity index (χ1v) is 21.9. The first-order valence-electron chi connectivity index (χ1n) is 11.8. The molecule has 0 atom stereocenters. The summed E-state index contributed by atoms with van der Waals surface area (Å²) in [6.07, 6.45) is 4.09. The predicted octanol–water partition coefficient (Wildman–Crippen LogP) is 10.2. The summed E-state index contributed by atoms with van der Waals surface area (Å²) in [5.41, 5.74) is 4.44. The first kappa shape index (κ1) is 42.1. The summed E-state index contributed by atoms with van der Waals surface area (Å²) in [4.78, 5) is 52.1. The number of carboxylic acid groups (broad SMARTS) is 1. The highest BCUT2D eigenvalue weighted by atomic mass is 80.9. The Bertz CT molecular complexity index is 2000. The number of fused-ring (bicyclic) bond motifs is 3. The van der Waals surface area contributed by atoms with Crippen molar-refractivity contribution in [1.29, 1.82) is 0 Å². The molecule has 0 aliphatic carbocycles. The van der Waals surface area contributed by atoms with Crippen molar-refractivity contribution >= 4 is 150 Å². The molecule has 244 valence electrons. The predicted molar refractivity (Wildman–Crippen MR) is 201 cm³/mol. The molecule has 0 saturated heterocycles. The molecule has 0 aliphatic heterocycles. The molecule has 3 aromatic heterocycles. The monoisotopic (exact) mass is 982 g/mol. The fraction of sp³-hybridized carbons (Fsp3) is 0.0385. The van der Waals surface area contributed by atoms with Crippen molar-refractivity contribution < 1.29 is 14.5 Å². The number of carboxylic acids is 1. The van der Waals surface area contributed by atoms with Crippen molar-refractivity contribution in [3.8, 4) is 0 Å². The van der Waals surface area contributed by atoms with Crippen LogP contribution in [0.4, 0.5) is 0 Å². The van der Waals surface area contributed by atoms with Crippen molar-refractivity contribution in [2.45, 2.75) is 6.92 Å². The number of carbonyl (C=O) groups is 1. The minimum Gasteiger partial charge on any atom is -0.481 e. The van der Waals surface area contributed by atoms with Gasteiger partial charge in [0.1, 0.15) is 5.15 Å². The van der Waals surface area contributed by atoms with Crippen LogP contribution in [-0.4, -0.2) is 41.0 Å². The molecule has 6 rings (SSSR count). The molecule has 0 unspecified atom stereocenters. The number of nitrogens with zero attached hydrogens (tertiary/aromatic N) is 4. The molecule has 20 heteroatoms. The third-order valence-corrected chi connectivity index (χ3v) is 5.66. The molecule has 0 saturated carbocycles. The molecule has 0 spiro atoms. The van der Waals surface area contributed by atoms with Gasteiger partial charge in [-0.05, 0) is 82.3 Å². The number of benzene rings is 3. The summed E-state index contributed by atoms with van der Waals surface area (Å²) in [6.45, 7) is 1.08. The molecular formula is C26H19Br4Cl4N6O5P. The summed E-state index contributed by atoms with van der Waals surface area (Å²) in [7, 11) is 0. The lowest BCUT2D eigenvalue weighted by Crippen LogP contribution is -2.04. The highest BCUT2D eigenvalue weighted by molar-refractivity contribution is 9.93. The van der Waals surface area contributed by atoms with Gasteiger partial charge in [0.25, 0.3) is 17.1 Å². The minimum atomic E-state index is -3.22. The fourth-order valence-electron chi connectivity index (χ4n) is 2.96. The Balaban J connectivity index is 0.000000299. The molecule has 0 bridgehead atoms. The van der Waals surface area contributed by atoms with Gasteiger partial charge in [0.15, 0.2) is 0 Å². The Morgan fingerprint density at radius 2 is 1.17 bits per heavy atom. The molecule has 0 radical (unpaired) electrons. The van der Waals surface area contributed by atoms with Crippen LogP contribution >= 0.6 is 111 Å². The molecule has 3 aromatic carbocycles. The number of rotatable bonds is 0. The van der Waals surface area contributed by atoms with E-state index in [9.17, 15) is 14.2 Å². The van der Waals surface area contributed by atoms with E-state index in [4.69, 9.17) is 21.5 Å². The Hall–Kier alpha value is -1.94. The van der Waals surface area contributed by atoms with Gasteiger partial charge in [0.2, 0.25) is 0 Å². The van der Waals surface area contributed by atoms with E-state index in [1.807, 2.05) is 60.7 Å². The number of aromatic amines is 2. The average molecular weight is 988 g/mol. The van der Waals surface area contributed by atoms with E-state index in [0.717, 1.165) is 49.0 Å². The van der Waals surface area contributed by atoms with Gasteiger partial charge in [-0.15, -0.1) is 0 Å². The highest BCUT2D eigenvalue weighted by Gasteiger charge is 2.03. The lowest BCUT2D eigenvalue weighted by atomic mass is 10.3. The number of para-hydroxylation sites is 2. The average Bonchev–Trinajstić information content (AvgIpc) is 2.97. The van der Waals surface area contributed by atoms with Crippen molar-refractivity contribution in [3.05, 3.63) is 114 Å². The SMILES string of the molecule is BrBr.CC(=O)O.Clc1cnc2ccc(Br)cc2n1.O=P(Cl)(Cl)Cl.O=c1cnc2ccc(Br)cc2[nH]1.O=c1cnc2ccccc2[nH]1. The van der Waals surface area contributed by atoms with Gasteiger partial charge in [-0.25, -0.2) is 15.0 Å². The maximum absolute atomic E-state index is 10.9. The molecule has 0 fully saturated rings. The van der Waals surface area contributed by atoms with Crippen LogP contribution in [0.3, 0.4) is 0 Å². The van der Waals surface area contributed by atoms with Crippen LogP contribution in [-0.2, 0) is 9.36 Å². The second-order valence-corrected chi connectivity index (χ2v) is 16.8. The van der Waals surface area contributed by atoms with E-state index >= 15 is 0 Å². The Labute approximate surface area is 312 Å². The van der Waals surface area contributed by atoms with Crippen LogP contribution < -0.4 is 11.1 Å². The Morgan fingerprint density at radius 3 is 1.74 bits per heavy atom. The highest BCUT2D eigenvalue weighted by Crippen LogP contribution is 2.61. The van der Waals surface area contributed by atoms with Crippen LogP contribution in [0.1, 0.15) is 6.92 Å². The maximum atomic E-state index is 10.9. The van der Waals surface area contributed by atoms with Crippen LogP contribution in [0.2, 0.25) is 5.15 Å². The van der Waals surface area contributed by atoms with Gasteiger partial charge in [0, 0.05) is 44.1 Å². The first-order chi connectivity index (χ1) is 21.6. The van der Waals surface area contributed by atoms with Gasteiger partial charge in [-0.3, -0.25) is 23.9 Å². The van der Waals surface area contributed by atoms with Crippen LogP contribution in [0.25, 0.3) is 33.1 Å². The maximum Gasteiger partial charge on any atom is 0.339 e. The molecule has 11 nitrogen and oxygen atoms in total. The largest absolute Gasteiger partial charge is 0.481 e. The van der Waals surface area contributed by atoms with Gasteiger partial charge < -0.3 is 15.1 Å². The van der Waals surface area contributed by atoms with E-state index in [-0.39, 0.29) is 11.1 Å².